The van der Waals surface area contributed by atoms with Gasteiger partial charge in [-0.3, -0.25) is 13.9 Å². The van der Waals surface area contributed by atoms with Gasteiger partial charge < -0.3 is 20.8 Å². The fourth-order valence-corrected chi connectivity index (χ4v) is 2.62. The smallest absolute Gasteiger partial charge is 0.332 e. The van der Waals surface area contributed by atoms with Crippen LogP contribution in [0.2, 0.25) is 0 Å². The van der Waals surface area contributed by atoms with Gasteiger partial charge in [-0.1, -0.05) is 12.1 Å². The number of nitrogens with zero attached hydrogens (tertiary/aromatic N) is 2. The van der Waals surface area contributed by atoms with Gasteiger partial charge in [-0.15, -0.1) is 0 Å². The zero-order valence-corrected chi connectivity index (χ0v) is 14.6. The Morgan fingerprint density at radius 3 is 2.56 bits per heavy atom. The number of aromatic hydroxyl groups is 1. The van der Waals surface area contributed by atoms with Crippen molar-refractivity contribution in [2.75, 3.05) is 25.0 Å². The lowest BCUT2D eigenvalue weighted by Crippen LogP contribution is -2.40. The minimum atomic E-state index is -0.734. The second-order valence-electron chi connectivity index (χ2n) is 5.92. The van der Waals surface area contributed by atoms with Crippen LogP contribution < -0.4 is 21.9 Å². The lowest BCUT2D eigenvalue weighted by atomic mass is 10.1. The highest BCUT2D eigenvalue weighted by Crippen LogP contribution is 2.17. The van der Waals surface area contributed by atoms with E-state index < -0.39 is 6.10 Å². The predicted molar refractivity (Wildman–Crippen MR) is 96.1 cm³/mol. The van der Waals surface area contributed by atoms with Crippen molar-refractivity contribution in [3.63, 3.8) is 0 Å². The van der Waals surface area contributed by atoms with Gasteiger partial charge in [0, 0.05) is 33.7 Å². The number of benzene rings is 1. The molecule has 2 rings (SSSR count). The topological polar surface area (TPSA) is 109 Å². The number of hydrogen-bond donors (Lipinski definition) is 4. The van der Waals surface area contributed by atoms with Gasteiger partial charge in [-0.2, -0.15) is 0 Å². The molecule has 0 aliphatic carbocycles. The second-order valence-corrected chi connectivity index (χ2v) is 5.92. The molecule has 1 aromatic heterocycles. The summed E-state index contributed by atoms with van der Waals surface area (Å²) >= 11 is 0. The highest BCUT2D eigenvalue weighted by molar-refractivity contribution is 5.42. The zero-order chi connectivity index (χ0) is 18.6. The Morgan fingerprint density at radius 1 is 1.16 bits per heavy atom. The molecular weight excluding hydrogens is 324 g/mol. The Morgan fingerprint density at radius 2 is 1.88 bits per heavy atom. The van der Waals surface area contributed by atoms with Gasteiger partial charge in [0.25, 0.3) is 5.56 Å². The first kappa shape index (κ1) is 18.8. The Balaban J connectivity index is 1.88. The van der Waals surface area contributed by atoms with E-state index >= 15 is 0 Å². The number of anilines is 1. The molecule has 4 N–H and O–H groups in total. The van der Waals surface area contributed by atoms with E-state index in [1.807, 2.05) is 0 Å². The van der Waals surface area contributed by atoms with Gasteiger partial charge in [0.2, 0.25) is 0 Å². The molecule has 1 atom stereocenters. The van der Waals surface area contributed by atoms with Crippen LogP contribution in [0.4, 0.5) is 5.82 Å². The first-order valence-corrected chi connectivity index (χ1v) is 8.01. The maximum absolute atomic E-state index is 12.0. The molecule has 0 aliphatic rings. The summed E-state index contributed by atoms with van der Waals surface area (Å²) in [5.74, 6) is 0.601. The van der Waals surface area contributed by atoms with Crippen molar-refractivity contribution in [2.45, 2.75) is 13.0 Å². The van der Waals surface area contributed by atoms with Crippen molar-refractivity contribution < 1.29 is 10.2 Å². The molecule has 0 spiro atoms. The summed E-state index contributed by atoms with van der Waals surface area (Å²) in [6.45, 7) is 3.00. The largest absolute Gasteiger partial charge is 0.508 e. The van der Waals surface area contributed by atoms with E-state index in [9.17, 15) is 19.8 Å². The van der Waals surface area contributed by atoms with E-state index in [4.69, 9.17) is 0 Å². The summed E-state index contributed by atoms with van der Waals surface area (Å²) in [4.78, 5) is 23.9. The molecule has 8 nitrogen and oxygen atoms in total. The van der Waals surface area contributed by atoms with E-state index in [2.05, 4.69) is 10.6 Å². The number of nitrogens with one attached hydrogen (secondary N) is 2. The molecule has 0 amide bonds. The van der Waals surface area contributed by atoms with Crippen molar-refractivity contribution in [3.05, 3.63) is 56.2 Å². The fourth-order valence-electron chi connectivity index (χ4n) is 2.62. The maximum atomic E-state index is 12.0. The number of aromatic nitrogens is 2. The number of phenols is 1. The Bertz CT molecular complexity index is 819. The maximum Gasteiger partial charge on any atom is 0.332 e. The fraction of sp³-hybridized carbons (Fsp3) is 0.412. The molecule has 0 bridgehead atoms. The Hall–Kier alpha value is -2.58. The van der Waals surface area contributed by atoms with E-state index in [1.54, 1.807) is 32.2 Å². The SMILES string of the molecule is Cc1c(NCCNCC(O)c2cccc(O)c2)n(C)c(=O)n(C)c1=O. The van der Waals surface area contributed by atoms with Crippen LogP contribution in [0.5, 0.6) is 5.75 Å². The van der Waals surface area contributed by atoms with Gasteiger partial charge in [0.1, 0.15) is 11.6 Å². The van der Waals surface area contributed by atoms with Gasteiger partial charge in [0.15, 0.2) is 0 Å². The van der Waals surface area contributed by atoms with Crippen LogP contribution in [-0.4, -0.2) is 39.0 Å². The highest BCUT2D eigenvalue weighted by atomic mass is 16.3. The molecule has 136 valence electrons. The number of phenolic OH excluding ortho intramolecular Hbond substituents is 1. The summed E-state index contributed by atoms with van der Waals surface area (Å²) in [7, 11) is 3.06. The first-order valence-electron chi connectivity index (χ1n) is 8.01. The monoisotopic (exact) mass is 348 g/mol. The van der Waals surface area contributed by atoms with E-state index in [0.29, 0.717) is 36.6 Å². The van der Waals surface area contributed by atoms with Crippen LogP contribution in [0.1, 0.15) is 17.2 Å². The van der Waals surface area contributed by atoms with Crippen LogP contribution in [-0.2, 0) is 14.1 Å². The molecule has 0 saturated heterocycles. The molecule has 25 heavy (non-hydrogen) atoms. The van der Waals surface area contributed by atoms with Crippen molar-refractivity contribution in [2.24, 2.45) is 14.1 Å². The van der Waals surface area contributed by atoms with Crippen LogP contribution in [0.25, 0.3) is 0 Å². The van der Waals surface area contributed by atoms with Gasteiger partial charge >= 0.3 is 5.69 Å². The van der Waals surface area contributed by atoms with Crippen molar-refractivity contribution in [3.8, 4) is 5.75 Å². The summed E-state index contributed by atoms with van der Waals surface area (Å²) < 4.78 is 2.47. The molecule has 2 aromatic rings. The lowest BCUT2D eigenvalue weighted by molar-refractivity contribution is 0.175. The molecule has 0 fully saturated rings. The predicted octanol–water partition coefficient (Wildman–Crippen LogP) is -0.167. The molecule has 0 saturated carbocycles. The standard InChI is InChI=1S/C17H24N4O4/c1-11-15(20(2)17(25)21(3)16(11)24)19-8-7-18-10-14(23)12-5-4-6-13(22)9-12/h4-6,9,14,18-19,22-23H,7-8,10H2,1-3H3. The van der Waals surface area contributed by atoms with Crippen LogP contribution in [0.15, 0.2) is 33.9 Å². The van der Waals surface area contributed by atoms with Crippen LogP contribution in [0, 0.1) is 6.92 Å². The number of hydrogen-bond acceptors (Lipinski definition) is 6. The van der Waals surface area contributed by atoms with Crippen molar-refractivity contribution in [1.82, 2.24) is 14.5 Å². The quantitative estimate of drug-likeness (QED) is 0.518. The summed E-state index contributed by atoms with van der Waals surface area (Å²) in [5, 5.41) is 25.7. The summed E-state index contributed by atoms with van der Waals surface area (Å²) in [6, 6.07) is 6.48. The van der Waals surface area contributed by atoms with E-state index in [-0.39, 0.29) is 17.0 Å². The normalized spacial score (nSPS) is 12.2. The lowest BCUT2D eigenvalue weighted by Gasteiger charge is -2.16. The molecule has 8 heteroatoms. The van der Waals surface area contributed by atoms with E-state index in [1.165, 1.54) is 17.7 Å². The molecule has 1 unspecified atom stereocenters. The molecular formula is C17H24N4O4. The third-order valence-electron chi connectivity index (χ3n) is 4.08. The molecule has 1 aromatic carbocycles. The van der Waals surface area contributed by atoms with Crippen LogP contribution >= 0.6 is 0 Å². The minimum absolute atomic E-state index is 0.111. The first-order chi connectivity index (χ1) is 11.8. The number of aliphatic hydroxyl groups is 1. The van der Waals surface area contributed by atoms with Gasteiger partial charge in [0.05, 0.1) is 11.7 Å². The summed E-state index contributed by atoms with van der Waals surface area (Å²) in [6.07, 6.45) is -0.734. The molecule has 0 radical (unpaired) electrons. The highest BCUT2D eigenvalue weighted by Gasteiger charge is 2.11. The average Bonchev–Trinajstić information content (AvgIpc) is 2.60. The minimum Gasteiger partial charge on any atom is -0.508 e. The Labute approximate surface area is 145 Å². The third kappa shape index (κ3) is 4.28. The summed E-state index contributed by atoms with van der Waals surface area (Å²) in [5.41, 5.74) is 0.401. The van der Waals surface area contributed by atoms with Crippen molar-refractivity contribution >= 4 is 5.82 Å². The second kappa shape index (κ2) is 8.00. The zero-order valence-electron chi connectivity index (χ0n) is 14.6. The third-order valence-corrected chi connectivity index (χ3v) is 4.08. The van der Waals surface area contributed by atoms with Crippen LogP contribution in [0.3, 0.4) is 0 Å². The van der Waals surface area contributed by atoms with Crippen molar-refractivity contribution in [1.29, 1.82) is 0 Å². The van der Waals surface area contributed by atoms with E-state index in [0.717, 1.165) is 4.57 Å². The molecule has 0 aliphatic heterocycles. The number of rotatable bonds is 7. The van der Waals surface area contributed by atoms with Gasteiger partial charge in [-0.05, 0) is 24.6 Å². The molecule has 1 heterocycles. The Kier molecular flexibility index (Phi) is 6.00. The van der Waals surface area contributed by atoms with Gasteiger partial charge in [-0.25, -0.2) is 4.79 Å². The number of aliphatic hydroxyl groups excluding tert-OH is 1. The average molecular weight is 348 g/mol.